The molecular weight excluding hydrogens is 478 g/mol. The molecule has 2 aliphatic rings. The van der Waals surface area contributed by atoms with Crippen molar-refractivity contribution in [3.8, 4) is 0 Å². The van der Waals surface area contributed by atoms with Crippen molar-refractivity contribution < 1.29 is 19.4 Å². The third-order valence-electron chi connectivity index (χ3n) is 6.05. The van der Waals surface area contributed by atoms with Crippen molar-refractivity contribution in [2.24, 2.45) is 0 Å². The number of halogens is 1. The molecule has 0 N–H and O–H groups in total. The second kappa shape index (κ2) is 10.7. The molecule has 0 aromatic heterocycles. The third kappa shape index (κ3) is 5.69. The Labute approximate surface area is 206 Å². The van der Waals surface area contributed by atoms with E-state index in [1.54, 1.807) is 17.0 Å². The van der Waals surface area contributed by atoms with Gasteiger partial charge in [-0.25, -0.2) is 0 Å². The number of carbonyl (C=O) groups is 1. The Hall–Kier alpha value is -3.70. The molecule has 2 aromatic carbocycles. The standard InChI is InChI=1S/C23H24ClN5O6/c24-19-4-1-17(15-21(19)29(33)34)2-6-23(30)27-9-7-25(8-10-27)18-3-5-20(28(31)32)22(16-18)26-11-13-35-14-12-26/h1-6,15-16H,7-14H2. The molecule has 11 nitrogen and oxygen atoms in total. The summed E-state index contributed by atoms with van der Waals surface area (Å²) in [6, 6.07) is 9.48. The minimum absolute atomic E-state index is 0.0395. The lowest BCUT2D eigenvalue weighted by Gasteiger charge is -2.36. The van der Waals surface area contributed by atoms with E-state index in [4.69, 9.17) is 16.3 Å². The summed E-state index contributed by atoms with van der Waals surface area (Å²) in [5.74, 6) is -0.194. The number of hydrogen-bond acceptors (Lipinski definition) is 8. The Morgan fingerprint density at radius 1 is 0.886 bits per heavy atom. The summed E-state index contributed by atoms with van der Waals surface area (Å²) in [6.07, 6.45) is 2.92. The SMILES string of the molecule is O=C(C=Cc1ccc(Cl)c([N+](=O)[O-])c1)N1CCN(c2ccc([N+](=O)[O-])c(N3CCOCC3)c2)CC1. The third-order valence-corrected chi connectivity index (χ3v) is 6.37. The largest absolute Gasteiger partial charge is 0.378 e. The van der Waals surface area contributed by atoms with Crippen molar-refractivity contribution in [2.45, 2.75) is 0 Å². The molecule has 1 amide bonds. The summed E-state index contributed by atoms with van der Waals surface area (Å²) in [7, 11) is 0. The van der Waals surface area contributed by atoms with E-state index in [-0.39, 0.29) is 27.2 Å². The van der Waals surface area contributed by atoms with Crippen molar-refractivity contribution in [1.82, 2.24) is 4.90 Å². The van der Waals surface area contributed by atoms with Crippen LogP contribution in [-0.2, 0) is 9.53 Å². The van der Waals surface area contributed by atoms with Gasteiger partial charge in [-0.05, 0) is 29.8 Å². The molecule has 2 fully saturated rings. The summed E-state index contributed by atoms with van der Waals surface area (Å²) < 4.78 is 5.37. The van der Waals surface area contributed by atoms with Gasteiger partial charge in [0.1, 0.15) is 10.7 Å². The number of ether oxygens (including phenoxy) is 1. The van der Waals surface area contributed by atoms with E-state index >= 15 is 0 Å². The second-order valence-corrected chi connectivity index (χ2v) is 8.55. The van der Waals surface area contributed by atoms with Crippen LogP contribution in [0.5, 0.6) is 0 Å². The number of rotatable bonds is 6. The number of nitrogens with zero attached hydrogens (tertiary/aromatic N) is 5. The molecule has 0 bridgehead atoms. The molecule has 0 unspecified atom stereocenters. The Balaban J connectivity index is 1.41. The Morgan fingerprint density at radius 2 is 1.57 bits per heavy atom. The summed E-state index contributed by atoms with van der Waals surface area (Å²) in [4.78, 5) is 40.1. The molecule has 0 atom stereocenters. The molecule has 0 spiro atoms. The van der Waals surface area contributed by atoms with Gasteiger partial charge in [0.15, 0.2) is 0 Å². The first-order valence-corrected chi connectivity index (χ1v) is 11.5. The van der Waals surface area contributed by atoms with Gasteiger partial charge in [0.2, 0.25) is 5.91 Å². The lowest BCUT2D eigenvalue weighted by atomic mass is 10.1. The number of hydrogen-bond donors (Lipinski definition) is 0. The van der Waals surface area contributed by atoms with Crippen molar-refractivity contribution >= 4 is 46.3 Å². The quantitative estimate of drug-likeness (QED) is 0.335. The van der Waals surface area contributed by atoms with E-state index in [1.165, 1.54) is 30.4 Å². The van der Waals surface area contributed by atoms with Crippen LogP contribution in [0.3, 0.4) is 0 Å². The fraction of sp³-hybridized carbons (Fsp3) is 0.348. The Bertz CT molecular complexity index is 1160. The van der Waals surface area contributed by atoms with Crippen LogP contribution in [0.15, 0.2) is 42.5 Å². The molecule has 12 heteroatoms. The van der Waals surface area contributed by atoms with E-state index < -0.39 is 4.92 Å². The van der Waals surface area contributed by atoms with Crippen molar-refractivity contribution in [2.75, 3.05) is 62.3 Å². The maximum absolute atomic E-state index is 12.6. The van der Waals surface area contributed by atoms with Gasteiger partial charge in [-0.15, -0.1) is 0 Å². The summed E-state index contributed by atoms with van der Waals surface area (Å²) in [6.45, 7) is 4.35. The van der Waals surface area contributed by atoms with Crippen molar-refractivity contribution in [3.63, 3.8) is 0 Å². The molecule has 184 valence electrons. The van der Waals surface area contributed by atoms with E-state index in [0.717, 1.165) is 5.69 Å². The smallest absolute Gasteiger partial charge is 0.292 e. The minimum Gasteiger partial charge on any atom is -0.378 e. The molecule has 2 aliphatic heterocycles. The van der Waals surface area contributed by atoms with Crippen LogP contribution in [0.1, 0.15) is 5.56 Å². The lowest BCUT2D eigenvalue weighted by molar-refractivity contribution is -0.384. The van der Waals surface area contributed by atoms with E-state index in [1.807, 2.05) is 11.0 Å². The second-order valence-electron chi connectivity index (χ2n) is 8.14. The van der Waals surface area contributed by atoms with E-state index in [2.05, 4.69) is 4.90 Å². The van der Waals surface area contributed by atoms with Crippen LogP contribution < -0.4 is 9.80 Å². The number of piperazine rings is 1. The number of nitro benzene ring substituents is 2. The lowest BCUT2D eigenvalue weighted by Crippen LogP contribution is -2.48. The number of morpholine rings is 1. The number of amides is 1. The zero-order valence-electron chi connectivity index (χ0n) is 18.8. The van der Waals surface area contributed by atoms with Gasteiger partial charge in [0, 0.05) is 63.2 Å². The van der Waals surface area contributed by atoms with Gasteiger partial charge in [-0.2, -0.15) is 0 Å². The summed E-state index contributed by atoms with van der Waals surface area (Å²) in [5, 5.41) is 22.6. The zero-order chi connectivity index (χ0) is 24.9. The van der Waals surface area contributed by atoms with Gasteiger partial charge < -0.3 is 19.4 Å². The van der Waals surface area contributed by atoms with Crippen LogP contribution in [0, 0.1) is 20.2 Å². The molecule has 2 aromatic rings. The monoisotopic (exact) mass is 501 g/mol. The van der Waals surface area contributed by atoms with E-state index in [9.17, 15) is 25.0 Å². The van der Waals surface area contributed by atoms with Gasteiger partial charge in [-0.3, -0.25) is 25.0 Å². The molecule has 35 heavy (non-hydrogen) atoms. The fourth-order valence-electron chi connectivity index (χ4n) is 4.15. The first-order chi connectivity index (χ1) is 16.8. The van der Waals surface area contributed by atoms with Crippen LogP contribution in [0.2, 0.25) is 5.02 Å². The minimum atomic E-state index is -0.566. The first-order valence-electron chi connectivity index (χ1n) is 11.1. The van der Waals surface area contributed by atoms with Crippen molar-refractivity contribution in [1.29, 1.82) is 0 Å². The zero-order valence-corrected chi connectivity index (χ0v) is 19.6. The predicted molar refractivity (Wildman–Crippen MR) is 132 cm³/mol. The predicted octanol–water partition coefficient (Wildman–Crippen LogP) is 3.36. The Kier molecular flexibility index (Phi) is 7.47. The van der Waals surface area contributed by atoms with Crippen LogP contribution in [-0.4, -0.2) is 73.1 Å². The molecule has 0 aliphatic carbocycles. The topological polar surface area (TPSA) is 122 Å². The van der Waals surface area contributed by atoms with Gasteiger partial charge in [-0.1, -0.05) is 17.7 Å². The summed E-state index contributed by atoms with van der Waals surface area (Å²) >= 11 is 5.83. The molecule has 0 saturated carbocycles. The van der Waals surface area contributed by atoms with Crippen LogP contribution in [0.4, 0.5) is 22.7 Å². The maximum Gasteiger partial charge on any atom is 0.292 e. The Morgan fingerprint density at radius 3 is 2.23 bits per heavy atom. The van der Waals surface area contributed by atoms with Gasteiger partial charge in [0.05, 0.1) is 23.1 Å². The highest BCUT2D eigenvalue weighted by Gasteiger charge is 2.25. The van der Waals surface area contributed by atoms with E-state index in [0.29, 0.717) is 63.7 Å². The molecule has 2 heterocycles. The highest BCUT2D eigenvalue weighted by molar-refractivity contribution is 6.32. The molecule has 0 radical (unpaired) electrons. The van der Waals surface area contributed by atoms with Crippen molar-refractivity contribution in [3.05, 3.63) is 73.3 Å². The fourth-order valence-corrected chi connectivity index (χ4v) is 4.34. The molecule has 4 rings (SSSR count). The maximum atomic E-state index is 12.6. The van der Waals surface area contributed by atoms with Gasteiger partial charge in [0.25, 0.3) is 11.4 Å². The normalized spacial score (nSPS) is 16.5. The number of anilines is 2. The average molecular weight is 502 g/mol. The number of nitro groups is 2. The summed E-state index contributed by atoms with van der Waals surface area (Å²) in [5.41, 5.74) is 1.81. The highest BCUT2D eigenvalue weighted by atomic mass is 35.5. The number of carbonyl (C=O) groups excluding carboxylic acids is 1. The molecule has 2 saturated heterocycles. The average Bonchev–Trinajstić information content (AvgIpc) is 2.88. The first kappa shape index (κ1) is 24.4. The van der Waals surface area contributed by atoms with Crippen LogP contribution in [0.25, 0.3) is 6.08 Å². The number of benzene rings is 2. The molecular formula is C23H24ClN5O6. The van der Waals surface area contributed by atoms with Gasteiger partial charge >= 0.3 is 0 Å². The highest BCUT2D eigenvalue weighted by Crippen LogP contribution is 2.33. The van der Waals surface area contributed by atoms with Crippen LogP contribution >= 0.6 is 11.6 Å².